The average molecular weight is 345 g/mol. The maximum absolute atomic E-state index is 4.54. The van der Waals surface area contributed by atoms with Gasteiger partial charge >= 0.3 is 0 Å². The molecule has 10 fully saturated rings. The van der Waals surface area contributed by atoms with Crippen LogP contribution in [-0.4, -0.2) is 0 Å². The van der Waals surface area contributed by atoms with Gasteiger partial charge in [0.1, 0.15) is 0 Å². The second kappa shape index (κ2) is 4.03. The molecule has 10 aliphatic rings. The van der Waals surface area contributed by atoms with Crippen LogP contribution < -0.4 is 0 Å². The standard InChI is InChI=1S/C26H32/c1-5-14(3)24-8-18-16-7-17-20-10-25(15(4)6-2)11-21(17)23(19(16)9-24)26(12-24,13-25)22(18)20/h5-6,16-23H,1-4,7-13H2. The zero-order chi connectivity index (χ0) is 17.6. The SMILES string of the molecule is C=CC(=C)C12CC3C4CC5C6CC7(C(=C)C=C)CC5C(C4C1)C(C2)(C7)C36. The smallest absolute Gasteiger partial charge is 0.00419 e. The molecule has 10 saturated carbocycles. The Bertz CT molecular complexity index is 701. The molecule has 10 aliphatic carbocycles. The van der Waals surface area contributed by atoms with Crippen LogP contribution in [0.5, 0.6) is 0 Å². The van der Waals surface area contributed by atoms with Crippen molar-refractivity contribution in [2.45, 2.75) is 44.9 Å². The zero-order valence-corrected chi connectivity index (χ0v) is 16.1. The van der Waals surface area contributed by atoms with E-state index in [2.05, 4.69) is 38.5 Å². The Morgan fingerprint density at radius 2 is 1.04 bits per heavy atom. The van der Waals surface area contributed by atoms with Crippen LogP contribution >= 0.6 is 0 Å². The van der Waals surface area contributed by atoms with Crippen LogP contribution in [0.25, 0.3) is 0 Å². The van der Waals surface area contributed by atoms with Crippen LogP contribution in [0.4, 0.5) is 0 Å². The van der Waals surface area contributed by atoms with Crippen molar-refractivity contribution in [3.05, 3.63) is 49.6 Å². The van der Waals surface area contributed by atoms with Crippen LogP contribution in [0.1, 0.15) is 44.9 Å². The third kappa shape index (κ3) is 1.23. The van der Waals surface area contributed by atoms with E-state index < -0.39 is 0 Å². The summed E-state index contributed by atoms with van der Waals surface area (Å²) in [6.45, 7) is 17.4. The first-order valence-corrected chi connectivity index (χ1v) is 11.1. The summed E-state index contributed by atoms with van der Waals surface area (Å²) in [6, 6.07) is 0. The van der Waals surface area contributed by atoms with Crippen molar-refractivity contribution in [3.63, 3.8) is 0 Å². The van der Waals surface area contributed by atoms with Crippen LogP contribution in [0.2, 0.25) is 0 Å². The van der Waals surface area contributed by atoms with Gasteiger partial charge in [-0.05, 0) is 120 Å². The Morgan fingerprint density at radius 3 is 1.38 bits per heavy atom. The summed E-state index contributed by atoms with van der Waals surface area (Å²) >= 11 is 0. The second-order valence-corrected chi connectivity index (χ2v) is 11.7. The van der Waals surface area contributed by atoms with Gasteiger partial charge in [-0.2, -0.15) is 0 Å². The van der Waals surface area contributed by atoms with Crippen LogP contribution in [-0.2, 0) is 0 Å². The van der Waals surface area contributed by atoms with E-state index in [1.165, 1.54) is 49.7 Å². The molecule has 11 bridgehead atoms. The number of hydrogen-bond acceptors (Lipinski definition) is 0. The lowest BCUT2D eigenvalue weighted by molar-refractivity contribution is -0.368. The fourth-order valence-corrected chi connectivity index (χ4v) is 11.6. The molecule has 0 nitrogen and oxygen atoms in total. The van der Waals surface area contributed by atoms with E-state index in [-0.39, 0.29) is 0 Å². The first-order valence-electron chi connectivity index (χ1n) is 11.1. The van der Waals surface area contributed by atoms with Crippen LogP contribution in [0, 0.1) is 63.6 Å². The highest BCUT2D eigenvalue weighted by Crippen LogP contribution is 2.89. The summed E-state index contributed by atoms with van der Waals surface area (Å²) < 4.78 is 0. The average Bonchev–Trinajstić information content (AvgIpc) is 2.64. The highest BCUT2D eigenvalue weighted by atomic mass is 14.9. The molecule has 26 heavy (non-hydrogen) atoms. The Labute approximate surface area is 158 Å². The number of hydrogen-bond donors (Lipinski definition) is 0. The highest BCUT2D eigenvalue weighted by Gasteiger charge is 2.82. The largest absolute Gasteiger partial charge is 0.0988 e. The molecule has 4 atom stereocenters. The molecule has 4 unspecified atom stereocenters. The first-order chi connectivity index (χ1) is 12.5. The second-order valence-electron chi connectivity index (χ2n) is 11.7. The number of allylic oxidation sites excluding steroid dienone is 4. The Morgan fingerprint density at radius 1 is 0.654 bits per heavy atom. The van der Waals surface area contributed by atoms with Crippen LogP contribution in [0.3, 0.4) is 0 Å². The zero-order valence-electron chi connectivity index (χ0n) is 16.1. The monoisotopic (exact) mass is 344 g/mol. The van der Waals surface area contributed by atoms with Gasteiger partial charge in [0.25, 0.3) is 0 Å². The van der Waals surface area contributed by atoms with Gasteiger partial charge in [0.2, 0.25) is 0 Å². The molecule has 0 amide bonds. The Balaban J connectivity index is 1.46. The van der Waals surface area contributed by atoms with E-state index in [0.29, 0.717) is 16.2 Å². The molecule has 0 heteroatoms. The van der Waals surface area contributed by atoms with Gasteiger partial charge in [-0.3, -0.25) is 0 Å². The first kappa shape index (κ1) is 14.9. The minimum Gasteiger partial charge on any atom is -0.0988 e. The molecule has 136 valence electrons. The van der Waals surface area contributed by atoms with Gasteiger partial charge in [0.15, 0.2) is 0 Å². The van der Waals surface area contributed by atoms with Crippen molar-refractivity contribution in [2.24, 2.45) is 63.6 Å². The summed E-state index contributed by atoms with van der Waals surface area (Å²) in [6.07, 6.45) is 14.5. The van der Waals surface area contributed by atoms with Crippen molar-refractivity contribution in [3.8, 4) is 0 Å². The normalized spacial score (nSPS) is 64.2. The van der Waals surface area contributed by atoms with Crippen molar-refractivity contribution in [1.82, 2.24) is 0 Å². The van der Waals surface area contributed by atoms with Crippen molar-refractivity contribution in [2.75, 3.05) is 0 Å². The molecule has 0 aromatic rings. The highest BCUT2D eigenvalue weighted by molar-refractivity contribution is 5.39. The van der Waals surface area contributed by atoms with E-state index in [1.54, 1.807) is 6.42 Å². The molecule has 10 rings (SSSR count). The molecular weight excluding hydrogens is 312 g/mol. The summed E-state index contributed by atoms with van der Waals surface area (Å²) in [5.41, 5.74) is 4.17. The molecule has 0 N–H and O–H groups in total. The molecule has 0 aromatic heterocycles. The van der Waals surface area contributed by atoms with E-state index in [1.807, 2.05) is 0 Å². The van der Waals surface area contributed by atoms with Crippen molar-refractivity contribution >= 4 is 0 Å². The molecular formula is C26H32. The maximum atomic E-state index is 4.54. The third-order valence-electron chi connectivity index (χ3n) is 11.6. The summed E-state index contributed by atoms with van der Waals surface area (Å²) in [5, 5.41) is 0. The summed E-state index contributed by atoms with van der Waals surface area (Å²) in [5.74, 6) is 8.24. The van der Waals surface area contributed by atoms with Gasteiger partial charge in [-0.25, -0.2) is 0 Å². The molecule has 0 radical (unpaired) electrons. The Kier molecular flexibility index (Phi) is 2.32. The fourth-order valence-electron chi connectivity index (χ4n) is 11.6. The third-order valence-corrected chi connectivity index (χ3v) is 11.6. The van der Waals surface area contributed by atoms with E-state index in [9.17, 15) is 0 Å². The van der Waals surface area contributed by atoms with E-state index >= 15 is 0 Å². The molecule has 1 spiro atoms. The maximum Gasteiger partial charge on any atom is -0.00419 e. The van der Waals surface area contributed by atoms with Gasteiger partial charge in [-0.1, -0.05) is 38.5 Å². The molecule has 0 aliphatic heterocycles. The quantitative estimate of drug-likeness (QED) is 0.534. The van der Waals surface area contributed by atoms with Gasteiger partial charge in [0.05, 0.1) is 0 Å². The predicted molar refractivity (Wildman–Crippen MR) is 106 cm³/mol. The van der Waals surface area contributed by atoms with Crippen molar-refractivity contribution in [1.29, 1.82) is 0 Å². The van der Waals surface area contributed by atoms with E-state index in [0.717, 1.165) is 47.3 Å². The van der Waals surface area contributed by atoms with Gasteiger partial charge in [-0.15, -0.1) is 0 Å². The minimum absolute atomic E-state index is 0.399. The molecule has 0 aromatic carbocycles. The molecule has 0 saturated heterocycles. The Hall–Kier alpha value is -1.04. The fraction of sp³-hybridized carbons (Fsp3) is 0.692. The minimum atomic E-state index is 0.399. The lowest BCUT2D eigenvalue weighted by Gasteiger charge is -2.86. The van der Waals surface area contributed by atoms with Crippen LogP contribution in [0.15, 0.2) is 49.6 Å². The van der Waals surface area contributed by atoms with Gasteiger partial charge in [0, 0.05) is 0 Å². The van der Waals surface area contributed by atoms with E-state index in [4.69, 9.17) is 0 Å². The lowest BCUT2D eigenvalue weighted by Crippen LogP contribution is -2.80. The number of rotatable bonds is 4. The topological polar surface area (TPSA) is 0 Å². The predicted octanol–water partition coefficient (Wildman–Crippen LogP) is 6.19. The van der Waals surface area contributed by atoms with Crippen molar-refractivity contribution < 1.29 is 0 Å². The molecule has 0 heterocycles. The summed E-state index contributed by atoms with van der Waals surface area (Å²) in [4.78, 5) is 0. The lowest BCUT2D eigenvalue weighted by atomic mass is 9.18. The summed E-state index contributed by atoms with van der Waals surface area (Å²) in [7, 11) is 0. The van der Waals surface area contributed by atoms with Gasteiger partial charge < -0.3 is 0 Å².